The summed E-state index contributed by atoms with van der Waals surface area (Å²) in [6, 6.07) is 13.5. The number of ether oxygens (including phenoxy) is 1. The number of carbonyl (C=O) groups is 4. The maximum Gasteiger partial charge on any atom is 0.262 e. The summed E-state index contributed by atoms with van der Waals surface area (Å²) in [7, 11) is 0. The molecule has 4 amide bonds. The van der Waals surface area contributed by atoms with Crippen molar-refractivity contribution in [3.05, 3.63) is 95.1 Å². The molecule has 0 N–H and O–H groups in total. The highest BCUT2D eigenvalue weighted by Gasteiger charge is 2.39. The van der Waals surface area contributed by atoms with Gasteiger partial charge in [-0.25, -0.2) is 9.80 Å². The van der Waals surface area contributed by atoms with Crippen LogP contribution in [0.25, 0.3) is 0 Å². The van der Waals surface area contributed by atoms with E-state index in [1.54, 1.807) is 48.5 Å². The van der Waals surface area contributed by atoms with Crippen LogP contribution in [0, 0.1) is 0 Å². The second kappa shape index (κ2) is 8.06. The zero-order valence-electron chi connectivity index (χ0n) is 18.7. The predicted molar refractivity (Wildman–Crippen MR) is 129 cm³/mol. The van der Waals surface area contributed by atoms with Gasteiger partial charge in [-0.05, 0) is 74.2 Å². The third-order valence-electron chi connectivity index (χ3n) is 6.62. The maximum absolute atomic E-state index is 12.7. The topological polar surface area (TPSA) is 84.0 Å². The molecule has 0 saturated carbocycles. The summed E-state index contributed by atoms with van der Waals surface area (Å²) in [5.74, 6) is -0.0192. The molecule has 35 heavy (non-hydrogen) atoms. The number of amides is 4. The van der Waals surface area contributed by atoms with Crippen LogP contribution in [0.4, 0.5) is 11.4 Å². The standard InChI is InChI=1S/C28H20N2O5/c31-25-21-5-1-2-6-22(21)26(32)29(25)17-9-13-19(14-10-17)35-20-15-11-18(12-16-20)30-27(33)23-7-3-4-8-24(23)28(30)34/h1-4,9-16H,5-8H2. The Morgan fingerprint density at radius 3 is 1.03 bits per heavy atom. The molecule has 7 heteroatoms. The fraction of sp³-hybridized carbons (Fsp3) is 0.143. The van der Waals surface area contributed by atoms with E-state index in [0.29, 0.717) is 70.8 Å². The molecule has 2 heterocycles. The van der Waals surface area contributed by atoms with Crippen molar-refractivity contribution < 1.29 is 23.9 Å². The van der Waals surface area contributed by atoms with E-state index in [4.69, 9.17) is 4.74 Å². The molecule has 2 aromatic carbocycles. The Balaban J connectivity index is 1.15. The van der Waals surface area contributed by atoms with Crippen LogP contribution in [0.15, 0.2) is 95.1 Å². The van der Waals surface area contributed by atoms with Crippen molar-refractivity contribution in [1.29, 1.82) is 0 Å². The van der Waals surface area contributed by atoms with E-state index in [-0.39, 0.29) is 23.6 Å². The second-order valence-electron chi connectivity index (χ2n) is 8.65. The van der Waals surface area contributed by atoms with Crippen molar-refractivity contribution in [2.45, 2.75) is 25.7 Å². The summed E-state index contributed by atoms with van der Waals surface area (Å²) in [5.41, 5.74) is 3.27. The van der Waals surface area contributed by atoms with E-state index >= 15 is 0 Å². The van der Waals surface area contributed by atoms with Gasteiger partial charge in [0.25, 0.3) is 23.6 Å². The average Bonchev–Trinajstić information content (AvgIpc) is 3.30. The minimum absolute atomic E-state index is 0.267. The number of hydrogen-bond donors (Lipinski definition) is 0. The van der Waals surface area contributed by atoms with Gasteiger partial charge in [-0.3, -0.25) is 19.2 Å². The molecule has 0 unspecified atom stereocenters. The van der Waals surface area contributed by atoms with E-state index in [2.05, 4.69) is 0 Å². The van der Waals surface area contributed by atoms with Gasteiger partial charge in [0.05, 0.1) is 11.4 Å². The molecular formula is C28H20N2O5. The van der Waals surface area contributed by atoms with Gasteiger partial charge in [-0.2, -0.15) is 0 Å². The van der Waals surface area contributed by atoms with Crippen LogP contribution in [-0.2, 0) is 19.2 Å². The molecule has 2 aromatic rings. The molecule has 0 spiro atoms. The SMILES string of the molecule is O=C1C2=C(CC=CC2)C(=O)N1c1ccc(Oc2ccc(N3C(=O)C4=C(CC=CC4)C3=O)cc2)cc1. The van der Waals surface area contributed by atoms with Crippen molar-refractivity contribution in [3.63, 3.8) is 0 Å². The first-order chi connectivity index (χ1) is 17.0. The average molecular weight is 464 g/mol. The monoisotopic (exact) mass is 464 g/mol. The minimum Gasteiger partial charge on any atom is -0.457 e. The highest BCUT2D eigenvalue weighted by molar-refractivity contribution is 6.34. The van der Waals surface area contributed by atoms with E-state index < -0.39 is 0 Å². The number of rotatable bonds is 4. The molecule has 7 nitrogen and oxygen atoms in total. The van der Waals surface area contributed by atoms with Gasteiger partial charge in [0, 0.05) is 22.3 Å². The van der Waals surface area contributed by atoms with Crippen LogP contribution < -0.4 is 14.5 Å². The fourth-order valence-electron chi connectivity index (χ4n) is 4.82. The van der Waals surface area contributed by atoms with Gasteiger partial charge < -0.3 is 4.74 Å². The Labute approximate surface area is 201 Å². The number of hydrogen-bond acceptors (Lipinski definition) is 5. The third-order valence-corrected chi connectivity index (χ3v) is 6.62. The smallest absolute Gasteiger partial charge is 0.262 e. The number of anilines is 2. The van der Waals surface area contributed by atoms with Gasteiger partial charge in [-0.1, -0.05) is 24.3 Å². The Morgan fingerprint density at radius 1 is 0.457 bits per heavy atom. The van der Waals surface area contributed by atoms with Gasteiger partial charge in [0.15, 0.2) is 0 Å². The Bertz CT molecular complexity index is 1260. The lowest BCUT2D eigenvalue weighted by Crippen LogP contribution is -2.31. The highest BCUT2D eigenvalue weighted by atomic mass is 16.5. The summed E-state index contributed by atoms with van der Waals surface area (Å²) < 4.78 is 5.89. The first-order valence-electron chi connectivity index (χ1n) is 11.4. The first kappa shape index (κ1) is 21.0. The number of imide groups is 2. The molecule has 0 bridgehead atoms. The largest absolute Gasteiger partial charge is 0.457 e. The predicted octanol–water partition coefficient (Wildman–Crippen LogP) is 4.52. The lowest BCUT2D eigenvalue weighted by Gasteiger charge is -2.17. The van der Waals surface area contributed by atoms with E-state index in [1.807, 2.05) is 24.3 Å². The van der Waals surface area contributed by atoms with Gasteiger partial charge in [0.1, 0.15) is 11.5 Å². The van der Waals surface area contributed by atoms with E-state index in [0.717, 1.165) is 0 Å². The maximum atomic E-state index is 12.7. The number of nitrogens with zero attached hydrogens (tertiary/aromatic N) is 2. The zero-order valence-corrected chi connectivity index (χ0v) is 18.7. The fourth-order valence-corrected chi connectivity index (χ4v) is 4.82. The lowest BCUT2D eigenvalue weighted by molar-refractivity contribution is -0.122. The van der Waals surface area contributed by atoms with Crippen LogP contribution in [0.3, 0.4) is 0 Å². The minimum atomic E-state index is -0.267. The van der Waals surface area contributed by atoms with Crippen LogP contribution in [0.5, 0.6) is 11.5 Å². The van der Waals surface area contributed by atoms with E-state index in [1.165, 1.54) is 9.80 Å². The quantitative estimate of drug-likeness (QED) is 0.491. The molecule has 6 rings (SSSR count). The molecule has 0 radical (unpaired) electrons. The molecule has 0 aromatic heterocycles. The summed E-state index contributed by atoms with van der Waals surface area (Å²) in [4.78, 5) is 53.3. The molecule has 0 saturated heterocycles. The number of allylic oxidation sites excluding steroid dienone is 4. The van der Waals surface area contributed by atoms with Crippen molar-refractivity contribution in [2.24, 2.45) is 0 Å². The van der Waals surface area contributed by atoms with Crippen LogP contribution in [0.2, 0.25) is 0 Å². The van der Waals surface area contributed by atoms with Gasteiger partial charge in [0.2, 0.25) is 0 Å². The number of benzene rings is 2. The molecule has 2 aliphatic carbocycles. The molecule has 2 aliphatic heterocycles. The summed E-state index contributed by atoms with van der Waals surface area (Å²) in [6.07, 6.45) is 9.58. The van der Waals surface area contributed by atoms with Gasteiger partial charge in [-0.15, -0.1) is 0 Å². The van der Waals surface area contributed by atoms with Gasteiger partial charge >= 0.3 is 0 Å². The van der Waals surface area contributed by atoms with Crippen LogP contribution in [0.1, 0.15) is 25.7 Å². The molecule has 172 valence electrons. The Hall–Kier alpha value is -4.52. The van der Waals surface area contributed by atoms with Crippen LogP contribution in [-0.4, -0.2) is 23.6 Å². The van der Waals surface area contributed by atoms with Crippen molar-refractivity contribution in [2.75, 3.05) is 9.80 Å². The summed E-state index contributed by atoms with van der Waals surface area (Å²) >= 11 is 0. The Morgan fingerprint density at radius 2 is 0.743 bits per heavy atom. The third kappa shape index (κ3) is 3.35. The van der Waals surface area contributed by atoms with Crippen molar-refractivity contribution in [1.82, 2.24) is 0 Å². The summed E-state index contributed by atoms with van der Waals surface area (Å²) in [6.45, 7) is 0. The highest BCUT2D eigenvalue weighted by Crippen LogP contribution is 2.36. The number of carbonyl (C=O) groups excluding carboxylic acids is 4. The molecule has 4 aliphatic rings. The lowest BCUT2D eigenvalue weighted by atomic mass is 9.99. The Kier molecular flexibility index (Phi) is 4.84. The second-order valence-corrected chi connectivity index (χ2v) is 8.65. The first-order valence-corrected chi connectivity index (χ1v) is 11.4. The summed E-state index contributed by atoms with van der Waals surface area (Å²) in [5, 5.41) is 0. The normalized spacial score (nSPS) is 19.2. The molecule has 0 fully saturated rings. The van der Waals surface area contributed by atoms with Crippen molar-refractivity contribution in [3.8, 4) is 11.5 Å². The zero-order chi connectivity index (χ0) is 24.1. The van der Waals surface area contributed by atoms with Crippen LogP contribution >= 0.6 is 0 Å². The van der Waals surface area contributed by atoms with Crippen molar-refractivity contribution >= 4 is 35.0 Å². The molecule has 0 atom stereocenters. The molecular weight excluding hydrogens is 444 g/mol. The van der Waals surface area contributed by atoms with E-state index in [9.17, 15) is 19.2 Å².